The van der Waals surface area contributed by atoms with Gasteiger partial charge in [0.1, 0.15) is 5.75 Å². The van der Waals surface area contributed by atoms with Crippen molar-refractivity contribution in [2.75, 3.05) is 6.61 Å². The van der Waals surface area contributed by atoms with Crippen molar-refractivity contribution in [2.45, 2.75) is 34.0 Å². The molecule has 2 aromatic carbocycles. The number of carbonyl (C=O) groups excluding carboxylic acids is 1. The quantitative estimate of drug-likeness (QED) is 0.563. The molecule has 0 radical (unpaired) electrons. The van der Waals surface area contributed by atoms with Gasteiger partial charge in [0, 0.05) is 12.2 Å². The van der Waals surface area contributed by atoms with Crippen LogP contribution in [0.5, 0.6) is 5.75 Å². The Morgan fingerprint density at radius 2 is 1.70 bits per heavy atom. The van der Waals surface area contributed by atoms with E-state index in [1.807, 2.05) is 70.2 Å². The molecule has 2 aromatic rings. The molecule has 0 heterocycles. The van der Waals surface area contributed by atoms with Crippen LogP contribution in [0.1, 0.15) is 35.3 Å². The highest BCUT2D eigenvalue weighted by Gasteiger charge is 2.12. The minimum atomic E-state index is -0.274. The van der Waals surface area contributed by atoms with E-state index in [4.69, 9.17) is 9.47 Å². The first-order valence-electron chi connectivity index (χ1n) is 7.77. The third-order valence-corrected chi connectivity index (χ3v) is 4.62. The molecule has 2 atom stereocenters. The van der Waals surface area contributed by atoms with E-state index in [0.29, 0.717) is 6.61 Å². The Bertz CT molecular complexity index is 645. The van der Waals surface area contributed by atoms with Crippen molar-refractivity contribution in [3.8, 4) is 5.75 Å². The van der Waals surface area contributed by atoms with E-state index in [-0.39, 0.29) is 20.4 Å². The van der Waals surface area contributed by atoms with Crippen molar-refractivity contribution < 1.29 is 14.3 Å². The maximum Gasteiger partial charge on any atom is 0.196 e. The van der Waals surface area contributed by atoms with Crippen LogP contribution in [-0.4, -0.2) is 18.4 Å². The molecule has 0 aliphatic carbocycles. The van der Waals surface area contributed by atoms with Gasteiger partial charge in [0.2, 0.25) is 0 Å². The van der Waals surface area contributed by atoms with Gasteiger partial charge in [-0.1, -0.05) is 30.3 Å². The number of hydrogen-bond acceptors (Lipinski definition) is 3. The van der Waals surface area contributed by atoms with Gasteiger partial charge < -0.3 is 9.47 Å². The first-order valence-corrected chi connectivity index (χ1v) is 8.77. The zero-order valence-electron chi connectivity index (χ0n) is 14.1. The molecular weight excluding hydrogens is 307 g/mol. The molecule has 122 valence electrons. The Morgan fingerprint density at radius 3 is 2.26 bits per heavy atom. The van der Waals surface area contributed by atoms with Crippen LogP contribution >= 0.6 is 8.58 Å². The largest absolute Gasteiger partial charge is 0.465 e. The number of carbonyl (C=O) groups is 1. The summed E-state index contributed by atoms with van der Waals surface area (Å²) >= 11 is 0. The first kappa shape index (κ1) is 17.7. The van der Waals surface area contributed by atoms with Crippen molar-refractivity contribution in [1.82, 2.24) is 0 Å². The summed E-state index contributed by atoms with van der Waals surface area (Å²) < 4.78 is 11.0. The first-order chi connectivity index (χ1) is 11.0. The summed E-state index contributed by atoms with van der Waals surface area (Å²) in [7, 11) is 0.115. The molecule has 0 aromatic heterocycles. The van der Waals surface area contributed by atoms with Gasteiger partial charge in [-0.15, -0.1) is 0 Å². The van der Waals surface area contributed by atoms with Gasteiger partial charge in [0.05, 0.1) is 0 Å². The Morgan fingerprint density at radius 1 is 1.09 bits per heavy atom. The molecular formula is C19H23O3P. The highest BCUT2D eigenvalue weighted by atomic mass is 31.1. The lowest BCUT2D eigenvalue weighted by Gasteiger charge is -2.14. The molecule has 0 N–H and O–H groups in total. The fourth-order valence-corrected chi connectivity index (χ4v) is 3.56. The number of aryl methyl sites for hydroxylation is 2. The van der Waals surface area contributed by atoms with Crippen LogP contribution < -0.4 is 10.0 Å². The lowest BCUT2D eigenvalue weighted by molar-refractivity contribution is -0.0613. The Kier molecular flexibility index (Phi) is 6.32. The maximum absolute atomic E-state index is 12.6. The van der Waals surface area contributed by atoms with Gasteiger partial charge in [-0.05, 0) is 64.8 Å². The van der Waals surface area contributed by atoms with E-state index >= 15 is 0 Å². The summed E-state index contributed by atoms with van der Waals surface area (Å²) in [6, 6.07) is 13.6. The summed E-state index contributed by atoms with van der Waals surface area (Å²) in [4.78, 5) is 12.6. The van der Waals surface area contributed by atoms with Crippen LogP contribution in [0.3, 0.4) is 0 Å². The van der Waals surface area contributed by atoms with Crippen LogP contribution in [0.15, 0.2) is 42.5 Å². The molecule has 0 saturated carbocycles. The van der Waals surface area contributed by atoms with E-state index in [0.717, 1.165) is 27.7 Å². The van der Waals surface area contributed by atoms with E-state index in [9.17, 15) is 4.79 Å². The van der Waals surface area contributed by atoms with Crippen LogP contribution in [0.2, 0.25) is 0 Å². The number of hydrogen-bond donors (Lipinski definition) is 0. The van der Waals surface area contributed by atoms with Gasteiger partial charge in [-0.2, -0.15) is 0 Å². The van der Waals surface area contributed by atoms with E-state index < -0.39 is 0 Å². The Labute approximate surface area is 139 Å². The molecule has 3 nitrogen and oxygen atoms in total. The molecule has 2 rings (SSSR count). The highest BCUT2D eigenvalue weighted by molar-refractivity contribution is 7.66. The second kappa shape index (κ2) is 8.24. The number of ether oxygens (including phenoxy) is 2. The average molecular weight is 330 g/mol. The number of rotatable bonds is 7. The van der Waals surface area contributed by atoms with Crippen LogP contribution in [-0.2, 0) is 4.74 Å². The molecule has 0 aliphatic heterocycles. The van der Waals surface area contributed by atoms with Crippen molar-refractivity contribution in [3.63, 3.8) is 0 Å². The monoisotopic (exact) mass is 330 g/mol. The smallest absolute Gasteiger partial charge is 0.196 e. The van der Waals surface area contributed by atoms with Gasteiger partial charge in [-0.25, -0.2) is 0 Å². The normalized spacial score (nSPS) is 12.5. The average Bonchev–Trinajstić information content (AvgIpc) is 2.49. The molecule has 23 heavy (non-hydrogen) atoms. The van der Waals surface area contributed by atoms with Gasteiger partial charge in [-0.3, -0.25) is 4.79 Å². The van der Waals surface area contributed by atoms with Crippen LogP contribution in [0.25, 0.3) is 0 Å². The topological polar surface area (TPSA) is 35.5 Å². The molecule has 0 aliphatic rings. The minimum absolute atomic E-state index is 0.115. The molecule has 4 heteroatoms. The lowest BCUT2D eigenvalue weighted by Crippen LogP contribution is -2.16. The second-order valence-corrected chi connectivity index (χ2v) is 6.67. The van der Waals surface area contributed by atoms with Gasteiger partial charge in [0.15, 0.2) is 11.8 Å². The molecule has 0 bridgehead atoms. The zero-order chi connectivity index (χ0) is 16.8. The van der Waals surface area contributed by atoms with Crippen molar-refractivity contribution >= 4 is 19.4 Å². The second-order valence-electron chi connectivity index (χ2n) is 5.39. The summed E-state index contributed by atoms with van der Waals surface area (Å²) in [6.45, 7) is 8.38. The lowest BCUT2D eigenvalue weighted by atomic mass is 10.0. The number of benzene rings is 2. The summed E-state index contributed by atoms with van der Waals surface area (Å²) in [5.41, 5.74) is 3.09. The van der Waals surface area contributed by atoms with E-state index in [1.165, 1.54) is 0 Å². The van der Waals surface area contributed by atoms with Gasteiger partial charge in [0.25, 0.3) is 0 Å². The van der Waals surface area contributed by atoms with Crippen molar-refractivity contribution in [1.29, 1.82) is 0 Å². The SMILES string of the molecule is CCOC(C)Oc1ccc(PC(=O)c2c(C)cccc2C)cc1. The van der Waals surface area contributed by atoms with Crippen molar-refractivity contribution in [2.24, 2.45) is 0 Å². The summed E-state index contributed by atoms with van der Waals surface area (Å²) in [5, 5.41) is 1.01. The fraction of sp³-hybridized carbons (Fsp3) is 0.316. The Hall–Kier alpha value is -1.70. The van der Waals surface area contributed by atoms with E-state index in [1.54, 1.807) is 0 Å². The fourth-order valence-electron chi connectivity index (χ4n) is 2.44. The standard InChI is InChI=1S/C19H23O3P/c1-5-21-15(4)22-16-9-11-17(12-10-16)23-19(20)18-13(2)7-6-8-14(18)3/h6-12,15,23H,5H2,1-4H3. The maximum atomic E-state index is 12.6. The summed E-state index contributed by atoms with van der Waals surface area (Å²) in [6.07, 6.45) is -0.274. The molecule has 0 saturated heterocycles. The van der Waals surface area contributed by atoms with Crippen LogP contribution in [0, 0.1) is 13.8 Å². The van der Waals surface area contributed by atoms with Crippen LogP contribution in [0.4, 0.5) is 0 Å². The van der Waals surface area contributed by atoms with E-state index in [2.05, 4.69) is 0 Å². The highest BCUT2D eigenvalue weighted by Crippen LogP contribution is 2.25. The zero-order valence-corrected chi connectivity index (χ0v) is 15.1. The van der Waals surface area contributed by atoms with Crippen molar-refractivity contribution in [3.05, 3.63) is 59.2 Å². The summed E-state index contributed by atoms with van der Waals surface area (Å²) in [5.74, 6) is 0.749. The minimum Gasteiger partial charge on any atom is -0.465 e. The predicted molar refractivity (Wildman–Crippen MR) is 96.4 cm³/mol. The third-order valence-electron chi connectivity index (χ3n) is 3.52. The predicted octanol–water partition coefficient (Wildman–Crippen LogP) is 4.21. The molecule has 2 unspecified atom stereocenters. The molecule has 0 amide bonds. The molecule has 0 fully saturated rings. The molecule has 0 spiro atoms. The van der Waals surface area contributed by atoms with Gasteiger partial charge >= 0.3 is 0 Å². The Balaban J connectivity index is 2.05. The third kappa shape index (κ3) is 4.89.